The van der Waals surface area contributed by atoms with Gasteiger partial charge in [-0.1, -0.05) is 0 Å². The first kappa shape index (κ1) is 8.98. The SMILES string of the molecule is O=P(F)(F)OCCCF. The minimum Gasteiger partial charge on any atom is -0.280 e. The lowest BCUT2D eigenvalue weighted by atomic mass is 10.5. The topological polar surface area (TPSA) is 26.3 Å². The lowest BCUT2D eigenvalue weighted by molar-refractivity contribution is 0.242. The van der Waals surface area contributed by atoms with Crippen molar-refractivity contribution >= 4 is 7.99 Å². The molecular formula is C3H6F3O2P. The summed E-state index contributed by atoms with van der Waals surface area (Å²) in [5.41, 5.74) is 0. The van der Waals surface area contributed by atoms with Gasteiger partial charge in [0.15, 0.2) is 0 Å². The Bertz CT molecular complexity index is 112. The summed E-state index contributed by atoms with van der Waals surface area (Å²) in [5.74, 6) is 0. The zero-order valence-electron chi connectivity index (χ0n) is 4.52. The van der Waals surface area contributed by atoms with E-state index in [9.17, 15) is 17.3 Å². The molecule has 0 bridgehead atoms. The van der Waals surface area contributed by atoms with Crippen LogP contribution in [0.2, 0.25) is 0 Å². The predicted octanol–water partition coefficient (Wildman–Crippen LogP) is 2.41. The molecule has 0 saturated heterocycles. The minimum atomic E-state index is -5.36. The Kier molecular flexibility index (Phi) is 3.89. The van der Waals surface area contributed by atoms with Gasteiger partial charge in [0.05, 0.1) is 13.3 Å². The largest absolute Gasteiger partial charge is 0.551 e. The van der Waals surface area contributed by atoms with Crippen molar-refractivity contribution < 1.29 is 21.9 Å². The van der Waals surface area contributed by atoms with E-state index in [-0.39, 0.29) is 6.42 Å². The number of alkyl halides is 1. The molecule has 6 heteroatoms. The van der Waals surface area contributed by atoms with Crippen molar-refractivity contribution in [3.8, 4) is 0 Å². The van der Waals surface area contributed by atoms with Crippen molar-refractivity contribution in [2.45, 2.75) is 6.42 Å². The highest BCUT2D eigenvalue weighted by atomic mass is 31.2. The second-order valence-electron chi connectivity index (χ2n) is 1.29. The smallest absolute Gasteiger partial charge is 0.280 e. The normalized spacial score (nSPS) is 11.9. The molecule has 9 heavy (non-hydrogen) atoms. The quantitative estimate of drug-likeness (QED) is 0.468. The number of halogens is 3. The van der Waals surface area contributed by atoms with Crippen LogP contribution in [0.15, 0.2) is 0 Å². The van der Waals surface area contributed by atoms with Crippen molar-refractivity contribution in [3.63, 3.8) is 0 Å². The summed E-state index contributed by atoms with van der Waals surface area (Å²) < 4.78 is 46.5. The molecule has 56 valence electrons. The van der Waals surface area contributed by atoms with Crippen LogP contribution in [0.25, 0.3) is 0 Å². The summed E-state index contributed by atoms with van der Waals surface area (Å²) in [4.78, 5) is 0. The standard InChI is InChI=1S/C3H6F3O2P/c4-2-1-3-8-9(5,6)7/h1-3H2. The van der Waals surface area contributed by atoms with Gasteiger partial charge in [0.25, 0.3) is 0 Å². The maximum Gasteiger partial charge on any atom is 0.551 e. The Morgan fingerprint density at radius 1 is 1.44 bits per heavy atom. The second kappa shape index (κ2) is 3.90. The van der Waals surface area contributed by atoms with Crippen LogP contribution in [0, 0.1) is 0 Å². The van der Waals surface area contributed by atoms with E-state index in [4.69, 9.17) is 0 Å². The van der Waals surface area contributed by atoms with Crippen molar-refractivity contribution in [3.05, 3.63) is 0 Å². The maximum atomic E-state index is 11.3. The summed E-state index contributed by atoms with van der Waals surface area (Å²) in [6, 6.07) is 0. The zero-order valence-corrected chi connectivity index (χ0v) is 5.41. The van der Waals surface area contributed by atoms with Crippen LogP contribution >= 0.6 is 7.99 Å². The maximum absolute atomic E-state index is 11.3. The third-order valence-electron chi connectivity index (χ3n) is 0.520. The molecule has 0 aliphatic heterocycles. The molecule has 0 spiro atoms. The summed E-state index contributed by atoms with van der Waals surface area (Å²) in [6.45, 7) is -1.22. The fourth-order valence-corrected chi connectivity index (χ4v) is 0.567. The van der Waals surface area contributed by atoms with Crippen LogP contribution in [0.4, 0.5) is 12.8 Å². The van der Waals surface area contributed by atoms with E-state index in [0.717, 1.165) is 0 Å². The molecule has 2 nitrogen and oxygen atoms in total. The molecule has 0 amide bonds. The molecular weight excluding hydrogens is 156 g/mol. The average Bonchev–Trinajstić information content (AvgIpc) is 1.63. The Balaban J connectivity index is 3.18. The Morgan fingerprint density at radius 3 is 2.33 bits per heavy atom. The van der Waals surface area contributed by atoms with Gasteiger partial charge in [-0.05, 0) is 6.42 Å². The Hall–Kier alpha value is -0.0200. The van der Waals surface area contributed by atoms with Gasteiger partial charge in [0.2, 0.25) is 0 Å². The number of hydrogen-bond acceptors (Lipinski definition) is 2. The van der Waals surface area contributed by atoms with Crippen molar-refractivity contribution in [2.24, 2.45) is 0 Å². The van der Waals surface area contributed by atoms with Gasteiger partial charge in [-0.3, -0.25) is 8.91 Å². The van der Waals surface area contributed by atoms with Gasteiger partial charge in [-0.15, -0.1) is 8.39 Å². The molecule has 0 rings (SSSR count). The van der Waals surface area contributed by atoms with E-state index in [1.807, 2.05) is 0 Å². The summed E-state index contributed by atoms with van der Waals surface area (Å²) in [7, 11) is -5.36. The average molecular weight is 162 g/mol. The minimum absolute atomic E-state index is 0.141. The molecule has 0 aromatic carbocycles. The van der Waals surface area contributed by atoms with Crippen LogP contribution in [-0.2, 0) is 9.09 Å². The highest BCUT2D eigenvalue weighted by Gasteiger charge is 2.19. The first-order valence-corrected chi connectivity index (χ1v) is 3.67. The Morgan fingerprint density at radius 2 is 2.00 bits per heavy atom. The molecule has 0 atom stereocenters. The summed E-state index contributed by atoms with van der Waals surface area (Å²) >= 11 is 0. The van der Waals surface area contributed by atoms with Gasteiger partial charge in [-0.25, -0.2) is 4.57 Å². The molecule has 0 aromatic heterocycles. The van der Waals surface area contributed by atoms with E-state index in [1.165, 1.54) is 0 Å². The third kappa shape index (κ3) is 7.98. The van der Waals surface area contributed by atoms with Crippen molar-refractivity contribution in [1.29, 1.82) is 0 Å². The summed E-state index contributed by atoms with van der Waals surface area (Å²) in [6.07, 6.45) is -0.141. The van der Waals surface area contributed by atoms with Crippen LogP contribution < -0.4 is 0 Å². The molecule has 0 saturated carbocycles. The van der Waals surface area contributed by atoms with E-state index >= 15 is 0 Å². The first-order chi connectivity index (χ1) is 4.06. The molecule has 0 aromatic rings. The lowest BCUT2D eigenvalue weighted by Crippen LogP contribution is -1.88. The molecule has 0 aliphatic carbocycles. The lowest BCUT2D eigenvalue weighted by Gasteiger charge is -1.96. The Labute approximate surface area is 50.7 Å². The predicted molar refractivity (Wildman–Crippen MR) is 26.4 cm³/mol. The van der Waals surface area contributed by atoms with Crippen molar-refractivity contribution in [2.75, 3.05) is 13.3 Å². The van der Waals surface area contributed by atoms with Crippen LogP contribution in [0.3, 0.4) is 0 Å². The van der Waals surface area contributed by atoms with Gasteiger partial charge in [0, 0.05) is 0 Å². The van der Waals surface area contributed by atoms with Crippen LogP contribution in [0.1, 0.15) is 6.42 Å². The molecule has 0 heterocycles. The first-order valence-electron chi connectivity index (χ1n) is 2.26. The zero-order chi connectivity index (χ0) is 7.33. The second-order valence-corrected chi connectivity index (χ2v) is 2.38. The van der Waals surface area contributed by atoms with Gasteiger partial charge in [0.1, 0.15) is 0 Å². The van der Waals surface area contributed by atoms with Gasteiger partial charge in [-0.2, -0.15) is 0 Å². The molecule has 0 N–H and O–H groups in total. The van der Waals surface area contributed by atoms with Crippen LogP contribution in [-0.4, -0.2) is 13.3 Å². The van der Waals surface area contributed by atoms with Gasteiger partial charge < -0.3 is 0 Å². The monoisotopic (exact) mass is 162 g/mol. The highest BCUT2D eigenvalue weighted by Crippen LogP contribution is 2.50. The van der Waals surface area contributed by atoms with E-state index < -0.39 is 21.3 Å². The van der Waals surface area contributed by atoms with E-state index in [2.05, 4.69) is 4.52 Å². The number of hydrogen-bond donors (Lipinski definition) is 0. The molecule has 0 aliphatic rings. The third-order valence-corrected chi connectivity index (χ3v) is 1.00. The van der Waals surface area contributed by atoms with Crippen molar-refractivity contribution in [1.82, 2.24) is 0 Å². The number of rotatable bonds is 4. The fraction of sp³-hybridized carbons (Fsp3) is 1.00. The fourth-order valence-electron chi connectivity index (χ4n) is 0.225. The van der Waals surface area contributed by atoms with E-state index in [1.54, 1.807) is 0 Å². The highest BCUT2D eigenvalue weighted by molar-refractivity contribution is 7.47. The summed E-state index contributed by atoms with van der Waals surface area (Å²) in [5, 5.41) is 0. The molecule has 0 fully saturated rings. The van der Waals surface area contributed by atoms with Crippen LogP contribution in [0.5, 0.6) is 0 Å². The molecule has 0 radical (unpaired) electrons. The van der Waals surface area contributed by atoms with Gasteiger partial charge >= 0.3 is 7.99 Å². The molecule has 0 unspecified atom stereocenters. The van der Waals surface area contributed by atoms with E-state index in [0.29, 0.717) is 0 Å².